The number of aliphatic carboxylic acids is 1. The number of halogens is 1. The molecule has 1 heterocycles. The summed E-state index contributed by atoms with van der Waals surface area (Å²) in [6.07, 6.45) is 1.64. The highest BCUT2D eigenvalue weighted by Crippen LogP contribution is 2.33. The summed E-state index contributed by atoms with van der Waals surface area (Å²) in [6, 6.07) is 0. The molecule has 16 heavy (non-hydrogen) atoms. The molecule has 0 bridgehead atoms. The van der Waals surface area contributed by atoms with Crippen LogP contribution in [0.15, 0.2) is 10.7 Å². The van der Waals surface area contributed by atoms with Crippen molar-refractivity contribution in [3.05, 3.63) is 16.4 Å². The second-order valence-corrected chi connectivity index (χ2v) is 6.21. The molecule has 0 spiro atoms. The number of rotatable bonds is 2. The number of hydrogen-bond donors (Lipinski definition) is 1. The van der Waals surface area contributed by atoms with Crippen molar-refractivity contribution in [1.29, 1.82) is 0 Å². The molecule has 1 aromatic rings. The lowest BCUT2D eigenvalue weighted by molar-refractivity contribution is -0.142. The molecule has 5 heteroatoms. The summed E-state index contributed by atoms with van der Waals surface area (Å²) < 4.78 is 2.49. The summed E-state index contributed by atoms with van der Waals surface area (Å²) in [5.41, 5.74) is -0.524. The monoisotopic (exact) mass is 288 g/mol. The predicted octanol–water partition coefficient (Wildman–Crippen LogP) is 2.76. The van der Waals surface area contributed by atoms with Gasteiger partial charge in [0, 0.05) is 0 Å². The summed E-state index contributed by atoms with van der Waals surface area (Å²) in [4.78, 5) is 11.3. The van der Waals surface area contributed by atoms with Gasteiger partial charge >= 0.3 is 5.97 Å². The zero-order valence-corrected chi connectivity index (χ0v) is 11.8. The number of nitrogens with zero attached hydrogens (tertiary/aromatic N) is 2. The Morgan fingerprint density at radius 1 is 1.38 bits per heavy atom. The molecule has 1 N–H and O–H groups in total. The maximum atomic E-state index is 11.3. The molecule has 1 rings (SSSR count). The largest absolute Gasteiger partial charge is 0.481 e. The van der Waals surface area contributed by atoms with Crippen LogP contribution in [0.25, 0.3) is 0 Å². The van der Waals surface area contributed by atoms with Crippen molar-refractivity contribution in [3.8, 4) is 0 Å². The SMILES string of the molecule is CC(C)(C(=O)O)c1c(Br)cnn1C(C)(C)C. The highest BCUT2D eigenvalue weighted by atomic mass is 79.9. The fourth-order valence-electron chi connectivity index (χ4n) is 1.50. The lowest BCUT2D eigenvalue weighted by atomic mass is 9.88. The highest BCUT2D eigenvalue weighted by Gasteiger charge is 2.37. The molecule has 0 aromatic carbocycles. The number of hydrogen-bond acceptors (Lipinski definition) is 2. The molecule has 0 saturated heterocycles. The molecule has 0 fully saturated rings. The predicted molar refractivity (Wildman–Crippen MR) is 65.6 cm³/mol. The Morgan fingerprint density at radius 3 is 2.25 bits per heavy atom. The average molecular weight is 289 g/mol. The van der Waals surface area contributed by atoms with Gasteiger partial charge < -0.3 is 5.11 Å². The van der Waals surface area contributed by atoms with Crippen LogP contribution in [0.5, 0.6) is 0 Å². The average Bonchev–Trinajstić information content (AvgIpc) is 2.46. The Labute approximate surface area is 104 Å². The van der Waals surface area contributed by atoms with Crippen molar-refractivity contribution in [3.63, 3.8) is 0 Å². The minimum atomic E-state index is -0.970. The van der Waals surface area contributed by atoms with Crippen LogP contribution in [0, 0.1) is 0 Å². The molecule has 0 atom stereocenters. The van der Waals surface area contributed by atoms with E-state index in [0.717, 1.165) is 4.47 Å². The van der Waals surface area contributed by atoms with Gasteiger partial charge in [0.05, 0.1) is 21.9 Å². The van der Waals surface area contributed by atoms with Crippen molar-refractivity contribution in [2.45, 2.75) is 45.6 Å². The summed E-state index contributed by atoms with van der Waals surface area (Å²) in [5, 5.41) is 13.5. The van der Waals surface area contributed by atoms with Crippen molar-refractivity contribution in [1.82, 2.24) is 9.78 Å². The molecule has 0 unspecified atom stereocenters. The van der Waals surface area contributed by atoms with Crippen LogP contribution in [-0.4, -0.2) is 20.9 Å². The molecule has 0 saturated carbocycles. The molecule has 0 radical (unpaired) electrons. The van der Waals surface area contributed by atoms with Gasteiger partial charge in [-0.05, 0) is 50.5 Å². The van der Waals surface area contributed by atoms with Gasteiger partial charge in [0.2, 0.25) is 0 Å². The van der Waals surface area contributed by atoms with E-state index in [0.29, 0.717) is 5.69 Å². The highest BCUT2D eigenvalue weighted by molar-refractivity contribution is 9.10. The smallest absolute Gasteiger partial charge is 0.315 e. The Kier molecular flexibility index (Phi) is 3.20. The third kappa shape index (κ3) is 2.14. The normalized spacial score (nSPS) is 12.9. The van der Waals surface area contributed by atoms with Crippen LogP contribution in [0.1, 0.15) is 40.3 Å². The van der Waals surface area contributed by atoms with E-state index in [9.17, 15) is 9.90 Å². The second kappa shape index (κ2) is 3.87. The van der Waals surface area contributed by atoms with E-state index >= 15 is 0 Å². The van der Waals surface area contributed by atoms with Gasteiger partial charge in [-0.1, -0.05) is 0 Å². The fraction of sp³-hybridized carbons (Fsp3) is 0.636. The number of carboxylic acid groups (broad SMARTS) is 1. The third-order valence-corrected chi connectivity index (χ3v) is 3.07. The number of carbonyl (C=O) groups is 1. The van der Waals surface area contributed by atoms with Crippen molar-refractivity contribution >= 4 is 21.9 Å². The zero-order chi connectivity index (χ0) is 12.7. The quantitative estimate of drug-likeness (QED) is 0.910. The van der Waals surface area contributed by atoms with Gasteiger partial charge in [0.25, 0.3) is 0 Å². The Hall–Kier alpha value is -0.840. The van der Waals surface area contributed by atoms with Crippen molar-refractivity contribution in [2.75, 3.05) is 0 Å². The molecular weight excluding hydrogens is 272 g/mol. The van der Waals surface area contributed by atoms with Crippen LogP contribution in [-0.2, 0) is 15.7 Å². The first-order valence-corrected chi connectivity index (χ1v) is 5.85. The van der Waals surface area contributed by atoms with Crippen LogP contribution >= 0.6 is 15.9 Å². The van der Waals surface area contributed by atoms with Gasteiger partial charge in [-0.25, -0.2) is 0 Å². The maximum Gasteiger partial charge on any atom is 0.315 e. The van der Waals surface area contributed by atoms with Crippen LogP contribution in [0.3, 0.4) is 0 Å². The number of aromatic nitrogens is 2. The molecule has 1 aromatic heterocycles. The Bertz CT molecular complexity index is 416. The lowest BCUT2D eigenvalue weighted by Crippen LogP contribution is -2.36. The minimum absolute atomic E-state index is 0.242. The van der Waals surface area contributed by atoms with E-state index in [1.807, 2.05) is 20.8 Å². The van der Waals surface area contributed by atoms with Gasteiger partial charge in [-0.2, -0.15) is 5.10 Å². The maximum absolute atomic E-state index is 11.3. The van der Waals surface area contributed by atoms with Crippen LogP contribution in [0.4, 0.5) is 0 Å². The van der Waals surface area contributed by atoms with Gasteiger partial charge in [0.1, 0.15) is 5.41 Å². The first-order valence-electron chi connectivity index (χ1n) is 5.06. The fourth-order valence-corrected chi connectivity index (χ4v) is 2.26. The molecule has 0 amide bonds. The molecule has 0 aliphatic heterocycles. The van der Waals surface area contributed by atoms with Crippen LogP contribution < -0.4 is 0 Å². The zero-order valence-electron chi connectivity index (χ0n) is 10.2. The Morgan fingerprint density at radius 2 is 1.88 bits per heavy atom. The lowest BCUT2D eigenvalue weighted by Gasteiger charge is -2.28. The minimum Gasteiger partial charge on any atom is -0.481 e. The van der Waals surface area contributed by atoms with Gasteiger partial charge in [0.15, 0.2) is 0 Å². The standard InChI is InChI=1S/C11H17BrN2O2/c1-10(2,3)14-8(7(12)6-13-14)11(4,5)9(15)16/h6H,1-5H3,(H,15,16). The van der Waals surface area contributed by atoms with E-state index in [2.05, 4.69) is 21.0 Å². The summed E-state index contributed by atoms with van der Waals surface area (Å²) in [6.45, 7) is 9.34. The van der Waals surface area contributed by atoms with Crippen LogP contribution in [0.2, 0.25) is 0 Å². The number of carboxylic acids is 1. The molecule has 0 aliphatic carbocycles. The topological polar surface area (TPSA) is 55.1 Å². The van der Waals surface area contributed by atoms with E-state index in [-0.39, 0.29) is 5.54 Å². The molecule has 90 valence electrons. The molecule has 0 aliphatic rings. The van der Waals surface area contributed by atoms with Crippen molar-refractivity contribution < 1.29 is 9.90 Å². The van der Waals surface area contributed by atoms with Crippen molar-refractivity contribution in [2.24, 2.45) is 0 Å². The second-order valence-electron chi connectivity index (χ2n) is 5.35. The summed E-state index contributed by atoms with van der Waals surface area (Å²) >= 11 is 3.37. The third-order valence-electron chi connectivity index (χ3n) is 2.49. The van der Waals surface area contributed by atoms with Gasteiger partial charge in [-0.3, -0.25) is 9.48 Å². The summed E-state index contributed by atoms with van der Waals surface area (Å²) in [5.74, 6) is -0.862. The van der Waals surface area contributed by atoms with E-state index in [1.54, 1.807) is 24.7 Å². The summed E-state index contributed by atoms with van der Waals surface area (Å²) in [7, 11) is 0. The first kappa shape index (κ1) is 13.2. The molecular formula is C11H17BrN2O2. The molecule has 4 nitrogen and oxygen atoms in total. The Balaban J connectivity index is 3.44. The van der Waals surface area contributed by atoms with E-state index in [1.165, 1.54) is 0 Å². The van der Waals surface area contributed by atoms with Gasteiger partial charge in [-0.15, -0.1) is 0 Å². The van der Waals surface area contributed by atoms with E-state index < -0.39 is 11.4 Å². The van der Waals surface area contributed by atoms with E-state index in [4.69, 9.17) is 0 Å². The first-order chi connectivity index (χ1) is 7.08.